The number of pyridine rings is 1. The minimum Gasteiger partial charge on any atom is -0.444 e. The number of carbonyl (C=O) groups is 1. The Morgan fingerprint density at radius 2 is 2.04 bits per heavy atom. The lowest BCUT2D eigenvalue weighted by Crippen LogP contribution is -2.53. The number of hydrogen-bond donors (Lipinski definition) is 1. The molecule has 0 bridgehead atoms. The Morgan fingerprint density at radius 1 is 1.32 bits per heavy atom. The Hall–Kier alpha value is -2.08. The molecule has 0 radical (unpaired) electrons. The van der Waals surface area contributed by atoms with Gasteiger partial charge >= 0.3 is 6.09 Å². The van der Waals surface area contributed by atoms with Crippen molar-refractivity contribution in [3.63, 3.8) is 0 Å². The summed E-state index contributed by atoms with van der Waals surface area (Å²) in [5.74, 6) is 0. The summed E-state index contributed by atoms with van der Waals surface area (Å²) in [6.45, 7) is 10.1. The van der Waals surface area contributed by atoms with Crippen LogP contribution >= 0.6 is 0 Å². The molecule has 3 heterocycles. The zero-order valence-corrected chi connectivity index (χ0v) is 15.6. The van der Waals surface area contributed by atoms with Crippen LogP contribution in [0.1, 0.15) is 46.1 Å². The number of hydrogen-bond acceptors (Lipinski definition) is 4. The van der Waals surface area contributed by atoms with Crippen molar-refractivity contribution in [1.29, 1.82) is 0 Å². The lowest BCUT2D eigenvalue weighted by molar-refractivity contribution is 0.0157. The smallest absolute Gasteiger partial charge is 0.410 e. The van der Waals surface area contributed by atoms with E-state index in [1.165, 1.54) is 5.56 Å². The minimum atomic E-state index is -0.445. The second kappa shape index (κ2) is 6.67. The van der Waals surface area contributed by atoms with Crippen LogP contribution in [0.25, 0.3) is 5.52 Å². The molecule has 1 N–H and O–H groups in total. The summed E-state index contributed by atoms with van der Waals surface area (Å²) < 4.78 is 7.36. The number of ether oxygens (including phenoxy) is 1. The number of nitrogens with zero attached hydrogens (tertiary/aromatic N) is 3. The van der Waals surface area contributed by atoms with Crippen molar-refractivity contribution in [1.82, 2.24) is 19.8 Å². The van der Waals surface area contributed by atoms with E-state index in [-0.39, 0.29) is 11.6 Å². The summed E-state index contributed by atoms with van der Waals surface area (Å²) in [6, 6.07) is 6.09. The molecule has 1 amide bonds. The van der Waals surface area contributed by atoms with E-state index in [9.17, 15) is 4.79 Å². The van der Waals surface area contributed by atoms with Gasteiger partial charge < -0.3 is 15.0 Å². The summed E-state index contributed by atoms with van der Waals surface area (Å²) in [5, 5.41) is 8.05. The van der Waals surface area contributed by atoms with Gasteiger partial charge in [0.15, 0.2) is 0 Å². The van der Waals surface area contributed by atoms with E-state index in [1.807, 2.05) is 54.7 Å². The van der Waals surface area contributed by atoms with Crippen LogP contribution in [0.3, 0.4) is 0 Å². The number of likely N-dealkylation sites (tertiary alicyclic amines) is 1. The first-order valence-electron chi connectivity index (χ1n) is 8.90. The molecule has 0 atom stereocenters. The molecule has 0 aliphatic carbocycles. The number of piperidine rings is 1. The first-order chi connectivity index (χ1) is 11.8. The van der Waals surface area contributed by atoms with Crippen molar-refractivity contribution in [3.8, 4) is 0 Å². The monoisotopic (exact) mass is 344 g/mol. The molecule has 0 spiro atoms. The van der Waals surface area contributed by atoms with E-state index in [0.717, 1.165) is 24.9 Å². The van der Waals surface area contributed by atoms with Crippen LogP contribution in [0.15, 0.2) is 30.6 Å². The zero-order chi connectivity index (χ0) is 18.1. The standard InChI is InChI=1S/C19H28N4O2/c1-18(2,3)25-17(24)22-11-8-19(4,9-12-22)20-13-15-14-21-23-10-6-5-7-16(15)23/h5-7,10,14,20H,8-9,11-13H2,1-4H3. The average Bonchev–Trinajstić information content (AvgIpc) is 2.95. The zero-order valence-electron chi connectivity index (χ0n) is 15.6. The maximum atomic E-state index is 12.2. The SMILES string of the molecule is CC1(NCc2cnn3ccccc23)CCN(C(=O)OC(C)(C)C)CC1. The first-order valence-corrected chi connectivity index (χ1v) is 8.90. The minimum absolute atomic E-state index is 0.0154. The van der Waals surface area contributed by atoms with Gasteiger partial charge in [0.25, 0.3) is 0 Å². The molecule has 1 saturated heterocycles. The van der Waals surface area contributed by atoms with Crippen LogP contribution < -0.4 is 5.32 Å². The predicted octanol–water partition coefficient (Wildman–Crippen LogP) is 3.21. The molecule has 25 heavy (non-hydrogen) atoms. The van der Waals surface area contributed by atoms with E-state index < -0.39 is 5.60 Å². The number of rotatable bonds is 3. The molecule has 2 aromatic rings. The molecule has 1 aliphatic heterocycles. The third-order valence-corrected chi connectivity index (χ3v) is 4.73. The van der Waals surface area contributed by atoms with Crippen molar-refractivity contribution in [2.24, 2.45) is 0 Å². The third-order valence-electron chi connectivity index (χ3n) is 4.73. The van der Waals surface area contributed by atoms with E-state index in [0.29, 0.717) is 13.1 Å². The number of nitrogens with one attached hydrogen (secondary N) is 1. The number of amides is 1. The Kier molecular flexibility index (Phi) is 4.73. The third kappa shape index (κ3) is 4.31. The summed E-state index contributed by atoms with van der Waals surface area (Å²) in [4.78, 5) is 14.0. The van der Waals surface area contributed by atoms with Crippen molar-refractivity contribution in [2.45, 2.75) is 58.2 Å². The Balaban J connectivity index is 1.55. The fourth-order valence-electron chi connectivity index (χ4n) is 3.12. The van der Waals surface area contributed by atoms with Crippen LogP contribution in [0.2, 0.25) is 0 Å². The van der Waals surface area contributed by atoms with Crippen molar-refractivity contribution in [2.75, 3.05) is 13.1 Å². The largest absolute Gasteiger partial charge is 0.444 e. The van der Waals surface area contributed by atoms with Crippen LogP contribution in [-0.4, -0.2) is 44.8 Å². The van der Waals surface area contributed by atoms with Crippen LogP contribution in [0, 0.1) is 0 Å². The molecule has 0 saturated carbocycles. The van der Waals surface area contributed by atoms with E-state index in [1.54, 1.807) is 0 Å². The van der Waals surface area contributed by atoms with Gasteiger partial charge in [0.1, 0.15) is 5.60 Å². The highest BCUT2D eigenvalue weighted by molar-refractivity contribution is 5.68. The number of fused-ring (bicyclic) bond motifs is 1. The fourth-order valence-corrected chi connectivity index (χ4v) is 3.12. The molecule has 0 unspecified atom stereocenters. The number of carbonyl (C=O) groups excluding carboxylic acids is 1. The summed E-state index contributed by atoms with van der Waals surface area (Å²) in [6.07, 6.45) is 5.48. The van der Waals surface area contributed by atoms with Gasteiger partial charge in [-0.1, -0.05) is 6.07 Å². The molecule has 3 rings (SSSR count). The van der Waals surface area contributed by atoms with Gasteiger partial charge in [0.05, 0.1) is 11.7 Å². The summed E-state index contributed by atoms with van der Waals surface area (Å²) in [7, 11) is 0. The van der Waals surface area contributed by atoms with Gasteiger partial charge in [-0.25, -0.2) is 9.31 Å². The topological polar surface area (TPSA) is 58.9 Å². The van der Waals surface area contributed by atoms with E-state index in [4.69, 9.17) is 4.74 Å². The predicted molar refractivity (Wildman–Crippen MR) is 97.5 cm³/mol. The number of aromatic nitrogens is 2. The molecule has 1 aliphatic rings. The summed E-state index contributed by atoms with van der Waals surface area (Å²) >= 11 is 0. The second-order valence-corrected chi connectivity index (χ2v) is 8.08. The van der Waals surface area contributed by atoms with Gasteiger partial charge in [0, 0.05) is 36.9 Å². The van der Waals surface area contributed by atoms with Crippen LogP contribution in [-0.2, 0) is 11.3 Å². The van der Waals surface area contributed by atoms with Crippen molar-refractivity contribution < 1.29 is 9.53 Å². The second-order valence-electron chi connectivity index (χ2n) is 8.08. The molecule has 6 heteroatoms. The van der Waals surface area contributed by atoms with Gasteiger partial charge in [0.2, 0.25) is 0 Å². The summed E-state index contributed by atoms with van der Waals surface area (Å²) in [5.41, 5.74) is 1.89. The molecule has 2 aromatic heterocycles. The normalized spacial score (nSPS) is 17.7. The quantitative estimate of drug-likeness (QED) is 0.929. The Bertz CT molecular complexity index is 739. The van der Waals surface area contributed by atoms with E-state index in [2.05, 4.69) is 23.4 Å². The highest BCUT2D eigenvalue weighted by Gasteiger charge is 2.33. The fraction of sp³-hybridized carbons (Fsp3) is 0.579. The Morgan fingerprint density at radius 3 is 2.72 bits per heavy atom. The van der Waals surface area contributed by atoms with Gasteiger partial charge in [-0.3, -0.25) is 0 Å². The van der Waals surface area contributed by atoms with Gasteiger partial charge in [-0.05, 0) is 52.7 Å². The molecular formula is C19H28N4O2. The maximum absolute atomic E-state index is 12.2. The molecule has 136 valence electrons. The van der Waals surface area contributed by atoms with Gasteiger partial charge in [-0.15, -0.1) is 0 Å². The van der Waals surface area contributed by atoms with Crippen molar-refractivity contribution >= 4 is 11.6 Å². The van der Waals surface area contributed by atoms with Crippen molar-refractivity contribution in [3.05, 3.63) is 36.2 Å². The highest BCUT2D eigenvalue weighted by Crippen LogP contribution is 2.24. The lowest BCUT2D eigenvalue weighted by atomic mass is 9.89. The van der Waals surface area contributed by atoms with E-state index >= 15 is 0 Å². The lowest BCUT2D eigenvalue weighted by Gasteiger charge is -2.40. The first kappa shape index (κ1) is 17.7. The van der Waals surface area contributed by atoms with Crippen LogP contribution in [0.4, 0.5) is 4.79 Å². The molecule has 1 fully saturated rings. The highest BCUT2D eigenvalue weighted by atomic mass is 16.6. The maximum Gasteiger partial charge on any atom is 0.410 e. The average molecular weight is 344 g/mol. The molecule has 0 aromatic carbocycles. The van der Waals surface area contributed by atoms with Gasteiger partial charge in [-0.2, -0.15) is 5.10 Å². The Labute approximate surface area is 149 Å². The van der Waals surface area contributed by atoms with Crippen LogP contribution in [0.5, 0.6) is 0 Å². The molecular weight excluding hydrogens is 316 g/mol. The molecule has 6 nitrogen and oxygen atoms in total.